The Kier molecular flexibility index (Phi) is 27.3. The SMILES string of the molecule is CC1(C)CC(OC(=O)CC(C(=O)OC2CC(C)(C)NC(C)(C)C2)C(CC(=O)OCC(C)(C)C2(C(C)(C)COC(=O)CC(C(=O)OC3CC(C)(C)NC(C)(C)C3)C(CC(=O)OC3CC(C)(C)NC(C)(C)C3)C(=O)OC3CC(C)(C)NC(C)(C)C3)OCOCC23COCOC3)C(=O)OC2CC(C)(C)NC(C)(C)C2)CC(C)(C)N1. The van der Waals surface area contributed by atoms with Crippen LogP contribution in [0.2, 0.25) is 0 Å². The first-order chi connectivity index (χ1) is 50.4. The van der Waals surface area contributed by atoms with Gasteiger partial charge in [0.25, 0.3) is 0 Å². The molecule has 8 aliphatic rings. The molecule has 0 aliphatic carbocycles. The van der Waals surface area contributed by atoms with E-state index >= 15 is 28.8 Å². The van der Waals surface area contributed by atoms with Gasteiger partial charge in [-0.2, -0.15) is 0 Å². The Hall–Kier alpha value is -4.64. The van der Waals surface area contributed by atoms with Crippen molar-refractivity contribution in [2.45, 2.75) is 405 Å². The molecule has 111 heavy (non-hydrogen) atoms. The molecule has 0 aromatic heterocycles. The Morgan fingerprint density at radius 1 is 0.297 bits per heavy atom. The predicted molar refractivity (Wildman–Crippen MR) is 418 cm³/mol. The fourth-order valence-corrected chi connectivity index (χ4v) is 22.7. The summed E-state index contributed by atoms with van der Waals surface area (Å²) in [6.45, 7) is 54.7. The largest absolute Gasteiger partial charge is 0.465 e. The molecule has 8 rings (SSSR count). The van der Waals surface area contributed by atoms with Gasteiger partial charge in [-0.3, -0.25) is 38.4 Å². The van der Waals surface area contributed by atoms with Crippen molar-refractivity contribution in [2.24, 2.45) is 39.9 Å². The minimum atomic E-state index is -1.62. The van der Waals surface area contributed by atoms with Crippen molar-refractivity contribution in [3.63, 3.8) is 0 Å². The summed E-state index contributed by atoms with van der Waals surface area (Å²) in [6.07, 6.45) is -1.24. The molecule has 636 valence electrons. The van der Waals surface area contributed by atoms with E-state index < -0.39 is 235 Å². The van der Waals surface area contributed by atoms with Crippen molar-refractivity contribution in [3.8, 4) is 0 Å². The van der Waals surface area contributed by atoms with Gasteiger partial charge in [0.05, 0.1) is 93.4 Å². The Bertz CT molecular complexity index is 3040. The van der Waals surface area contributed by atoms with Crippen LogP contribution in [-0.2, 0) is 95.2 Å². The number of ether oxygens (including phenoxy) is 12. The van der Waals surface area contributed by atoms with Crippen LogP contribution >= 0.6 is 0 Å². The van der Waals surface area contributed by atoms with Crippen LogP contribution in [0.4, 0.5) is 0 Å². The Labute approximate surface area is 663 Å². The average molecular weight is 1570 g/mol. The second kappa shape index (κ2) is 33.0. The van der Waals surface area contributed by atoms with Crippen LogP contribution in [0.3, 0.4) is 0 Å². The fraction of sp³-hybridized carbons (Fsp3) is 0.906. The van der Waals surface area contributed by atoms with Gasteiger partial charge < -0.3 is 88.7 Å². The third-order valence-corrected chi connectivity index (χ3v) is 23.9. The number of carbonyl (C=O) groups excluding carboxylic acids is 8. The molecule has 26 heteroatoms. The summed E-state index contributed by atoms with van der Waals surface area (Å²) >= 11 is 0. The van der Waals surface area contributed by atoms with E-state index in [0.29, 0.717) is 77.0 Å². The zero-order valence-corrected chi connectivity index (χ0v) is 73.2. The number of carbonyl (C=O) groups is 8. The molecule has 0 amide bonds. The molecule has 6 N–H and O–H groups in total. The minimum absolute atomic E-state index is 0.00747. The van der Waals surface area contributed by atoms with E-state index in [1.54, 1.807) is 0 Å². The number of hydrogen-bond acceptors (Lipinski definition) is 26. The van der Waals surface area contributed by atoms with Crippen molar-refractivity contribution in [3.05, 3.63) is 0 Å². The lowest BCUT2D eigenvalue weighted by atomic mass is 9.49. The molecule has 0 radical (unpaired) electrons. The molecule has 8 saturated heterocycles. The van der Waals surface area contributed by atoms with Crippen molar-refractivity contribution in [1.82, 2.24) is 31.9 Å². The minimum Gasteiger partial charge on any atom is -0.465 e. The Morgan fingerprint density at radius 3 is 0.703 bits per heavy atom. The summed E-state index contributed by atoms with van der Waals surface area (Å²) in [4.78, 5) is 122. The van der Waals surface area contributed by atoms with Gasteiger partial charge >= 0.3 is 47.8 Å². The van der Waals surface area contributed by atoms with E-state index in [1.165, 1.54) is 0 Å². The van der Waals surface area contributed by atoms with Gasteiger partial charge in [-0.1, -0.05) is 27.7 Å². The molecule has 0 bridgehead atoms. The quantitative estimate of drug-likeness (QED) is 0.0346. The van der Waals surface area contributed by atoms with Crippen molar-refractivity contribution in [1.29, 1.82) is 0 Å². The van der Waals surface area contributed by atoms with E-state index in [2.05, 4.69) is 31.9 Å². The highest BCUT2D eigenvalue weighted by Crippen LogP contribution is 2.60. The van der Waals surface area contributed by atoms with Gasteiger partial charge in [0.1, 0.15) is 50.2 Å². The van der Waals surface area contributed by atoms with Crippen molar-refractivity contribution >= 4 is 47.8 Å². The maximum atomic E-state index is 15.5. The summed E-state index contributed by atoms with van der Waals surface area (Å²) in [5, 5.41) is 21.8. The van der Waals surface area contributed by atoms with E-state index in [4.69, 9.17) is 56.8 Å². The average Bonchev–Trinajstić information content (AvgIpc) is 0.693. The first kappa shape index (κ1) is 91.9. The molecule has 0 saturated carbocycles. The lowest BCUT2D eigenvalue weighted by Crippen LogP contribution is -2.75. The van der Waals surface area contributed by atoms with E-state index in [0.717, 1.165) is 0 Å². The molecular weight excluding hydrogens is 1420 g/mol. The van der Waals surface area contributed by atoms with Crippen LogP contribution in [0.1, 0.15) is 297 Å². The summed E-state index contributed by atoms with van der Waals surface area (Å²) in [5.74, 6) is -13.2. The molecule has 4 atom stereocenters. The van der Waals surface area contributed by atoms with Gasteiger partial charge in [0.15, 0.2) is 0 Å². The van der Waals surface area contributed by atoms with E-state index in [9.17, 15) is 9.59 Å². The normalized spacial score (nSPS) is 28.0. The molecule has 4 unspecified atom stereocenters. The molecular formula is C85H146N6O20. The Balaban J connectivity index is 1.13. The third-order valence-electron chi connectivity index (χ3n) is 23.9. The molecule has 1 spiro atoms. The second-order valence-electron chi connectivity index (χ2n) is 44.0. The number of piperidine rings is 6. The highest BCUT2D eigenvalue weighted by Gasteiger charge is 2.71. The lowest BCUT2D eigenvalue weighted by molar-refractivity contribution is -0.380. The van der Waals surface area contributed by atoms with Gasteiger partial charge in [-0.25, -0.2) is 0 Å². The van der Waals surface area contributed by atoms with Gasteiger partial charge in [-0.15, -0.1) is 0 Å². The van der Waals surface area contributed by atoms with Crippen LogP contribution in [0, 0.1) is 39.9 Å². The van der Waals surface area contributed by atoms with Crippen LogP contribution in [-0.4, -0.2) is 203 Å². The maximum absolute atomic E-state index is 15.5. The van der Waals surface area contributed by atoms with Crippen molar-refractivity contribution < 1.29 is 95.2 Å². The zero-order chi connectivity index (χ0) is 83.4. The molecule has 0 aromatic rings. The van der Waals surface area contributed by atoms with E-state index in [1.807, 2.05) is 194 Å². The number of esters is 8. The Morgan fingerprint density at radius 2 is 0.486 bits per heavy atom. The summed E-state index contributed by atoms with van der Waals surface area (Å²) < 4.78 is 77.0. The lowest BCUT2D eigenvalue weighted by Gasteiger charge is -2.65. The monoisotopic (exact) mass is 1570 g/mol. The van der Waals surface area contributed by atoms with E-state index in [-0.39, 0.29) is 33.4 Å². The van der Waals surface area contributed by atoms with Crippen molar-refractivity contribution in [2.75, 3.05) is 46.6 Å². The van der Waals surface area contributed by atoms with Crippen LogP contribution in [0.15, 0.2) is 0 Å². The second-order valence-corrected chi connectivity index (χ2v) is 44.0. The highest BCUT2D eigenvalue weighted by molar-refractivity contribution is 5.90. The topological polar surface area (TPSA) is 319 Å². The summed E-state index contributed by atoms with van der Waals surface area (Å²) in [7, 11) is 0. The standard InChI is InChI=1S/C85H146N6O20/c1-70(2,45-103-62(92)29-58(66(96)108-54-37-76(13,14)88-77(15,16)38-54)60(68(98)110-56-41-80(21,22)90-81(23,24)42-56)31-64(94)106-52-33-72(5,6)86-73(7,8)34-52)85(84(49-102-51-105-85)47-100-50-101-48-84)71(3,4)46-104-63(93)30-59(67(97)109-55-39-78(17,18)89-79(19,20)40-55)61(69(99)111-57-43-82(25,26)91-83(27,28)44-57)32-65(95)107-53-35-74(9,10)87-75(11,12)36-53/h52-61,86-91H,29-51H2,1-28H3. The molecule has 8 fully saturated rings. The van der Waals surface area contributed by atoms with Crippen LogP contribution < -0.4 is 31.9 Å². The van der Waals surface area contributed by atoms with Gasteiger partial charge in [0.2, 0.25) is 0 Å². The molecule has 8 aliphatic heterocycles. The summed E-state index contributed by atoms with van der Waals surface area (Å²) in [6, 6.07) is 0. The van der Waals surface area contributed by atoms with Crippen LogP contribution in [0.25, 0.3) is 0 Å². The number of hydrogen-bond donors (Lipinski definition) is 6. The van der Waals surface area contributed by atoms with Gasteiger partial charge in [0, 0.05) is 154 Å². The zero-order valence-electron chi connectivity index (χ0n) is 73.2. The molecule has 0 aromatic carbocycles. The molecule has 8 heterocycles. The predicted octanol–water partition coefficient (Wildman–Crippen LogP) is 11.0. The highest BCUT2D eigenvalue weighted by atomic mass is 16.7. The first-order valence-electron chi connectivity index (χ1n) is 41.0. The summed E-state index contributed by atoms with van der Waals surface area (Å²) in [5.41, 5.74) is -11.0. The van der Waals surface area contributed by atoms with Gasteiger partial charge in [-0.05, 0) is 166 Å². The fourth-order valence-electron chi connectivity index (χ4n) is 22.7. The third kappa shape index (κ3) is 24.7. The maximum Gasteiger partial charge on any atom is 0.310 e. The first-order valence-corrected chi connectivity index (χ1v) is 41.0. The smallest absolute Gasteiger partial charge is 0.310 e. The van der Waals surface area contributed by atoms with Crippen LogP contribution in [0.5, 0.6) is 0 Å². The number of rotatable bonds is 26. The molecule has 26 nitrogen and oxygen atoms in total. The number of nitrogens with one attached hydrogen (secondary N) is 6.